The maximum absolute atomic E-state index is 14.5. The standard InChI is InChI=1S/C53H52Cl2FN3O5/c1-5-50(39-15-18-46(54)47(55)27-39)64-44-16-13-36(14-17-44)38-20-22-63-51-29-40-28-49(59(31-42(40)26-41(51)25-38)30-35-7-6-8-43(56)23-35)52(60)58-48(53(61)62-4)24-34-9-11-37(12-10-34)45-19-21-57-33(3)32(45)2/h6-19,21,23,26-27,29,38,48-50H,5,20,22,24-25,28,30-31H2,1-4H3,(H,58,60)/t38-,48+,49+,50-/m1/s1. The Morgan fingerprint density at radius 3 is 2.42 bits per heavy atom. The van der Waals surface area contributed by atoms with E-state index < -0.39 is 18.1 Å². The van der Waals surface area contributed by atoms with Crippen molar-refractivity contribution in [1.29, 1.82) is 0 Å². The number of benzene rings is 5. The molecule has 0 saturated heterocycles. The van der Waals surface area contributed by atoms with Gasteiger partial charge in [0.15, 0.2) is 0 Å². The van der Waals surface area contributed by atoms with E-state index in [1.807, 2.05) is 67.6 Å². The molecule has 0 unspecified atom stereocenters. The van der Waals surface area contributed by atoms with Gasteiger partial charge >= 0.3 is 5.97 Å². The Kier molecular flexibility index (Phi) is 14.0. The Bertz CT molecular complexity index is 2640. The van der Waals surface area contributed by atoms with Gasteiger partial charge in [0.05, 0.1) is 29.8 Å². The van der Waals surface area contributed by atoms with Gasteiger partial charge in [-0.1, -0.05) is 90.8 Å². The first-order valence-electron chi connectivity index (χ1n) is 21.8. The fourth-order valence-electron chi connectivity index (χ4n) is 8.97. The van der Waals surface area contributed by atoms with Gasteiger partial charge in [-0.3, -0.25) is 14.7 Å². The highest BCUT2D eigenvalue weighted by atomic mass is 35.5. The van der Waals surface area contributed by atoms with Crippen LogP contribution >= 0.6 is 23.2 Å². The summed E-state index contributed by atoms with van der Waals surface area (Å²) in [5, 5.41) is 4.06. The average Bonchev–Trinajstić information content (AvgIpc) is 3.51. The maximum Gasteiger partial charge on any atom is 0.328 e. The first-order valence-corrected chi connectivity index (χ1v) is 22.6. The molecule has 11 heteroatoms. The molecule has 0 saturated carbocycles. The summed E-state index contributed by atoms with van der Waals surface area (Å²) in [7, 11) is 1.33. The number of hydrogen-bond donors (Lipinski definition) is 1. The van der Waals surface area contributed by atoms with Crippen LogP contribution < -0.4 is 14.8 Å². The Morgan fingerprint density at radius 2 is 1.69 bits per heavy atom. The van der Waals surface area contributed by atoms with Crippen molar-refractivity contribution in [3.63, 3.8) is 0 Å². The zero-order chi connectivity index (χ0) is 44.9. The smallest absolute Gasteiger partial charge is 0.328 e. The Labute approximate surface area is 384 Å². The van der Waals surface area contributed by atoms with Crippen LogP contribution in [0.4, 0.5) is 4.39 Å². The topological polar surface area (TPSA) is 90.0 Å². The average molecular weight is 901 g/mol. The Hall–Kier alpha value is -5.74. The molecule has 8 nitrogen and oxygen atoms in total. The largest absolute Gasteiger partial charge is 0.493 e. The minimum atomic E-state index is -0.922. The SMILES string of the molecule is CC[C@@H](Oc1ccc([C@@H]2CCOc3cc4c(cc3C2)CN(Cc2cccc(F)c2)[C@H](C(=O)N[C@@H](Cc2ccc(-c3ccnc(C)c3C)cc2)C(=O)OC)C4)cc1)c1ccc(Cl)c(Cl)c1. The lowest BCUT2D eigenvalue weighted by molar-refractivity contribution is -0.145. The van der Waals surface area contributed by atoms with Crippen molar-refractivity contribution >= 4 is 35.1 Å². The summed E-state index contributed by atoms with van der Waals surface area (Å²) in [5.74, 6) is 0.631. The predicted octanol–water partition coefficient (Wildman–Crippen LogP) is 11.3. The van der Waals surface area contributed by atoms with Crippen LogP contribution in [0.1, 0.15) is 82.0 Å². The second-order valence-corrected chi connectivity index (χ2v) is 17.6. The van der Waals surface area contributed by atoms with E-state index in [2.05, 4.69) is 53.3 Å². The van der Waals surface area contributed by atoms with Crippen molar-refractivity contribution in [3.05, 3.63) is 181 Å². The van der Waals surface area contributed by atoms with Gasteiger partial charge in [-0.15, -0.1) is 0 Å². The summed E-state index contributed by atoms with van der Waals surface area (Å²) in [6.07, 6.45) is 4.64. The van der Waals surface area contributed by atoms with E-state index in [1.54, 1.807) is 18.3 Å². The highest BCUT2D eigenvalue weighted by Crippen LogP contribution is 2.38. The van der Waals surface area contributed by atoms with Gasteiger partial charge in [-0.2, -0.15) is 0 Å². The van der Waals surface area contributed by atoms with Crippen LogP contribution in [0.2, 0.25) is 10.0 Å². The number of halogens is 3. The third-order valence-corrected chi connectivity index (χ3v) is 13.4. The molecule has 0 bridgehead atoms. The molecule has 0 fully saturated rings. The molecule has 1 aromatic heterocycles. The molecular formula is C53H52Cl2FN3O5. The molecule has 64 heavy (non-hydrogen) atoms. The zero-order valence-corrected chi connectivity index (χ0v) is 38.0. The third-order valence-electron chi connectivity index (χ3n) is 12.7. The highest BCUT2D eigenvalue weighted by molar-refractivity contribution is 6.42. The lowest BCUT2D eigenvalue weighted by atomic mass is 9.86. The number of fused-ring (bicyclic) bond motifs is 2. The molecule has 2 aliphatic rings. The molecular weight excluding hydrogens is 849 g/mol. The van der Waals surface area contributed by atoms with Crippen molar-refractivity contribution < 1.29 is 28.2 Å². The van der Waals surface area contributed by atoms with Crippen LogP contribution in [-0.2, 0) is 46.7 Å². The summed E-state index contributed by atoms with van der Waals surface area (Å²) in [6.45, 7) is 7.44. The van der Waals surface area contributed by atoms with E-state index in [0.29, 0.717) is 36.2 Å². The van der Waals surface area contributed by atoms with Crippen LogP contribution in [0.3, 0.4) is 0 Å². The number of ether oxygens (including phenoxy) is 3. The Balaban J connectivity index is 1.00. The quantitative estimate of drug-likeness (QED) is 0.115. The third kappa shape index (κ3) is 10.3. The molecule has 6 aromatic rings. The number of carbonyl (C=O) groups is 2. The van der Waals surface area contributed by atoms with Crippen molar-refractivity contribution in [2.75, 3.05) is 13.7 Å². The lowest BCUT2D eigenvalue weighted by Crippen LogP contribution is -2.54. The molecule has 1 amide bonds. The number of esters is 1. The second kappa shape index (κ2) is 20.0. The summed E-state index contributed by atoms with van der Waals surface area (Å²) >= 11 is 12.5. The zero-order valence-electron chi connectivity index (χ0n) is 36.5. The van der Waals surface area contributed by atoms with Gasteiger partial charge in [-0.05, 0) is 150 Å². The molecule has 330 valence electrons. The monoisotopic (exact) mass is 899 g/mol. The minimum absolute atomic E-state index is 0.166. The van der Waals surface area contributed by atoms with Crippen LogP contribution in [0.25, 0.3) is 11.1 Å². The number of methoxy groups -OCH3 is 1. The van der Waals surface area contributed by atoms with Gasteiger partial charge in [-0.25, -0.2) is 9.18 Å². The normalized spacial score (nSPS) is 16.9. The summed E-state index contributed by atoms with van der Waals surface area (Å²) in [4.78, 5) is 34.2. The van der Waals surface area contributed by atoms with Crippen molar-refractivity contribution in [2.45, 2.75) is 90.1 Å². The van der Waals surface area contributed by atoms with Crippen LogP contribution in [0.5, 0.6) is 11.5 Å². The maximum atomic E-state index is 14.5. The summed E-state index contributed by atoms with van der Waals surface area (Å²) < 4.78 is 32.5. The van der Waals surface area contributed by atoms with E-state index in [4.69, 9.17) is 37.4 Å². The molecule has 1 N–H and O–H groups in total. The van der Waals surface area contributed by atoms with Crippen molar-refractivity contribution in [1.82, 2.24) is 15.2 Å². The van der Waals surface area contributed by atoms with Crippen molar-refractivity contribution in [3.8, 4) is 22.6 Å². The van der Waals surface area contributed by atoms with Gasteiger partial charge in [0.25, 0.3) is 0 Å². The van der Waals surface area contributed by atoms with Gasteiger partial charge < -0.3 is 19.5 Å². The predicted molar refractivity (Wildman–Crippen MR) is 249 cm³/mol. The Morgan fingerprint density at radius 1 is 0.891 bits per heavy atom. The van der Waals surface area contributed by atoms with Gasteiger partial charge in [0.1, 0.15) is 29.5 Å². The number of pyridine rings is 1. The van der Waals surface area contributed by atoms with E-state index in [1.165, 1.54) is 24.8 Å². The van der Waals surface area contributed by atoms with Gasteiger partial charge in [0.2, 0.25) is 5.91 Å². The molecule has 0 aliphatic carbocycles. The number of carbonyl (C=O) groups excluding carboxylic acids is 2. The molecule has 0 spiro atoms. The summed E-state index contributed by atoms with van der Waals surface area (Å²) in [5.41, 5.74) is 11.2. The number of amides is 1. The summed E-state index contributed by atoms with van der Waals surface area (Å²) in [6, 6.07) is 33.1. The van der Waals surface area contributed by atoms with E-state index >= 15 is 0 Å². The highest BCUT2D eigenvalue weighted by Gasteiger charge is 2.35. The fraction of sp³-hybridized carbons (Fsp3) is 0.302. The van der Waals surface area contributed by atoms with Gasteiger partial charge in [0, 0.05) is 31.4 Å². The molecule has 3 heterocycles. The number of nitrogens with one attached hydrogen (secondary N) is 1. The van der Waals surface area contributed by atoms with Crippen LogP contribution in [-0.4, -0.2) is 47.6 Å². The number of rotatable bonds is 13. The van der Waals surface area contributed by atoms with E-state index in [0.717, 1.165) is 86.5 Å². The van der Waals surface area contributed by atoms with E-state index in [9.17, 15) is 14.0 Å². The van der Waals surface area contributed by atoms with Crippen molar-refractivity contribution in [2.24, 2.45) is 0 Å². The number of aryl methyl sites for hydroxylation is 1. The first kappa shape index (κ1) is 44.9. The minimum Gasteiger partial charge on any atom is -0.493 e. The van der Waals surface area contributed by atoms with E-state index in [-0.39, 0.29) is 30.2 Å². The second-order valence-electron chi connectivity index (χ2n) is 16.8. The fourth-order valence-corrected chi connectivity index (χ4v) is 9.27. The molecule has 5 aromatic carbocycles. The molecule has 8 rings (SSSR count). The molecule has 2 aliphatic heterocycles. The molecule has 0 radical (unpaired) electrons. The molecule has 4 atom stereocenters. The number of nitrogens with zero attached hydrogens (tertiary/aromatic N) is 2. The number of hydrogen-bond acceptors (Lipinski definition) is 7. The lowest BCUT2D eigenvalue weighted by Gasteiger charge is -2.37. The first-order chi connectivity index (χ1) is 31.0. The number of aromatic nitrogens is 1. The van der Waals surface area contributed by atoms with Crippen LogP contribution in [0.15, 0.2) is 115 Å². The van der Waals surface area contributed by atoms with Crippen LogP contribution in [0, 0.1) is 19.7 Å².